The van der Waals surface area contributed by atoms with E-state index in [0.717, 1.165) is 4.57 Å². The van der Waals surface area contributed by atoms with E-state index in [-0.39, 0.29) is 58.8 Å². The summed E-state index contributed by atoms with van der Waals surface area (Å²) in [5.74, 6) is -2.15. The van der Waals surface area contributed by atoms with Crippen molar-refractivity contribution in [2.45, 2.75) is 32.1 Å². The van der Waals surface area contributed by atoms with Gasteiger partial charge in [-0.15, -0.1) is 0 Å². The first kappa shape index (κ1) is 19.8. The largest absolute Gasteiger partial charge is 0.458 e. The fraction of sp³-hybridized carbons (Fsp3) is 0.238. The lowest BCUT2D eigenvalue weighted by atomic mass is 9.86. The summed E-state index contributed by atoms with van der Waals surface area (Å²) < 4.78 is 6.13. The lowest BCUT2D eigenvalue weighted by molar-refractivity contribution is -0.384. The van der Waals surface area contributed by atoms with E-state index >= 15 is 0 Å². The van der Waals surface area contributed by atoms with Crippen molar-refractivity contribution in [2.75, 3.05) is 5.32 Å². The zero-order chi connectivity index (χ0) is 22.9. The van der Waals surface area contributed by atoms with E-state index in [2.05, 4.69) is 5.32 Å². The van der Waals surface area contributed by atoms with E-state index in [0.29, 0.717) is 5.69 Å². The average molecular weight is 437 g/mol. The van der Waals surface area contributed by atoms with Crippen LogP contribution in [0.4, 0.5) is 11.4 Å². The third-order valence-electron chi connectivity index (χ3n) is 6.13. The first-order chi connectivity index (χ1) is 15.2. The number of anilines is 1. The number of aromatic nitrogens is 1. The summed E-state index contributed by atoms with van der Waals surface area (Å²) in [6.07, 6.45) is -0.0662. The fourth-order valence-corrected chi connectivity index (χ4v) is 4.39. The van der Waals surface area contributed by atoms with Crippen molar-refractivity contribution in [3.63, 3.8) is 0 Å². The van der Waals surface area contributed by atoms with Crippen molar-refractivity contribution < 1.29 is 29.2 Å². The molecule has 0 spiro atoms. The molecule has 3 aliphatic heterocycles. The number of nitrogens with zero attached hydrogens (tertiary/aromatic N) is 2. The summed E-state index contributed by atoms with van der Waals surface area (Å²) in [7, 11) is 0. The third-order valence-corrected chi connectivity index (χ3v) is 6.13. The number of cyclic esters (lactones) is 1. The Hall–Kier alpha value is -4.12. The molecule has 0 saturated carbocycles. The summed E-state index contributed by atoms with van der Waals surface area (Å²) in [5.41, 5.74) is -2.47. The number of amides is 1. The number of hydrogen-bond acceptors (Lipinski definition) is 8. The predicted molar refractivity (Wildman–Crippen MR) is 108 cm³/mol. The van der Waals surface area contributed by atoms with Gasteiger partial charge in [0, 0.05) is 34.5 Å². The number of nitro groups is 1. The minimum atomic E-state index is -2.06. The van der Waals surface area contributed by atoms with Crippen molar-refractivity contribution in [3.8, 4) is 0 Å². The van der Waals surface area contributed by atoms with Crippen molar-refractivity contribution in [2.24, 2.45) is 0 Å². The molecule has 1 aromatic carbocycles. The normalized spacial score (nSPS) is 23.4. The van der Waals surface area contributed by atoms with Gasteiger partial charge in [-0.25, -0.2) is 4.79 Å². The number of carbonyl (C=O) groups is 3. The zero-order valence-corrected chi connectivity index (χ0v) is 16.6. The highest BCUT2D eigenvalue weighted by Crippen LogP contribution is 2.40. The number of fused-ring (bicyclic) bond motifs is 3. The standard InChI is InChI=1S/C21H15N3O8/c1-2-21(29)13-6-15-17(25)11(7-23(15)19(27)12(13)8-32-20(21)28)16-10-5-9(24(30)31)3-4-14(10)22-18(16)26/h3-6,29H,2,7-8H2,1H3,(H,22,26)/b16-11-/t21-/m0/s1. The van der Waals surface area contributed by atoms with Gasteiger partial charge < -0.3 is 19.7 Å². The van der Waals surface area contributed by atoms with Crippen LogP contribution < -0.4 is 10.9 Å². The molecule has 3 aliphatic rings. The van der Waals surface area contributed by atoms with Crippen LogP contribution in [0, 0.1) is 10.1 Å². The summed E-state index contributed by atoms with van der Waals surface area (Å²) in [5, 5.41) is 24.5. The molecule has 0 aliphatic carbocycles. The predicted octanol–water partition coefficient (Wildman–Crippen LogP) is 1.01. The van der Waals surface area contributed by atoms with Crippen LogP contribution >= 0.6 is 0 Å². The quantitative estimate of drug-likeness (QED) is 0.305. The number of aliphatic hydroxyl groups is 1. The molecule has 0 bridgehead atoms. The van der Waals surface area contributed by atoms with E-state index < -0.39 is 33.7 Å². The van der Waals surface area contributed by atoms with E-state index in [4.69, 9.17) is 4.74 Å². The van der Waals surface area contributed by atoms with E-state index in [1.165, 1.54) is 24.3 Å². The van der Waals surface area contributed by atoms with Gasteiger partial charge in [0.05, 0.1) is 28.3 Å². The molecule has 1 amide bonds. The lowest BCUT2D eigenvalue weighted by Crippen LogP contribution is -2.44. The smallest absolute Gasteiger partial charge is 0.343 e. The van der Waals surface area contributed by atoms with Crippen molar-refractivity contribution in [1.29, 1.82) is 0 Å². The topological polar surface area (TPSA) is 158 Å². The molecular weight excluding hydrogens is 422 g/mol. The highest BCUT2D eigenvalue weighted by molar-refractivity contribution is 6.37. The van der Waals surface area contributed by atoms with Gasteiger partial charge in [0.15, 0.2) is 5.60 Å². The Labute approximate surface area is 179 Å². The molecule has 0 fully saturated rings. The first-order valence-electron chi connectivity index (χ1n) is 9.72. The molecule has 11 heteroatoms. The van der Waals surface area contributed by atoms with Crippen molar-refractivity contribution in [3.05, 3.63) is 72.7 Å². The van der Waals surface area contributed by atoms with E-state index in [9.17, 15) is 34.4 Å². The Kier molecular flexibility index (Phi) is 3.99. The maximum absolute atomic E-state index is 13.2. The van der Waals surface area contributed by atoms with Crippen LogP contribution in [0.3, 0.4) is 0 Å². The number of nitrogens with one attached hydrogen (secondary N) is 1. The Balaban J connectivity index is 1.71. The number of esters is 1. The molecule has 2 aromatic rings. The average Bonchev–Trinajstić information content (AvgIpc) is 3.26. The maximum Gasteiger partial charge on any atom is 0.343 e. The van der Waals surface area contributed by atoms with Gasteiger partial charge in [0.25, 0.3) is 17.2 Å². The molecule has 0 radical (unpaired) electrons. The highest BCUT2D eigenvalue weighted by atomic mass is 16.6. The molecule has 32 heavy (non-hydrogen) atoms. The molecular formula is C21H15N3O8. The van der Waals surface area contributed by atoms with Crippen LogP contribution in [0.15, 0.2) is 34.6 Å². The molecule has 1 aromatic heterocycles. The Morgan fingerprint density at radius 2 is 2.00 bits per heavy atom. The van der Waals surface area contributed by atoms with Gasteiger partial charge in [0.1, 0.15) is 6.61 Å². The number of nitro benzene ring substituents is 1. The summed E-state index contributed by atoms with van der Waals surface area (Å²) in [6, 6.07) is 5.10. The Morgan fingerprint density at radius 3 is 2.69 bits per heavy atom. The van der Waals surface area contributed by atoms with Crippen LogP contribution in [0.1, 0.15) is 40.5 Å². The van der Waals surface area contributed by atoms with Crippen molar-refractivity contribution >= 4 is 34.6 Å². The number of benzene rings is 1. The number of Topliss-reactive ketones (excluding diaryl/α,β-unsaturated/α-hetero) is 1. The zero-order valence-electron chi connectivity index (χ0n) is 16.6. The molecule has 0 unspecified atom stereocenters. The van der Waals surface area contributed by atoms with Gasteiger partial charge in [-0.1, -0.05) is 6.92 Å². The highest BCUT2D eigenvalue weighted by Gasteiger charge is 2.46. The fourth-order valence-electron chi connectivity index (χ4n) is 4.39. The van der Waals surface area contributed by atoms with Gasteiger partial charge in [-0.3, -0.25) is 24.5 Å². The number of allylic oxidation sites excluding steroid dienone is 1. The lowest BCUT2D eigenvalue weighted by Gasteiger charge is -2.31. The van der Waals surface area contributed by atoms with Gasteiger partial charge in [-0.2, -0.15) is 0 Å². The van der Waals surface area contributed by atoms with Gasteiger partial charge in [-0.05, 0) is 18.6 Å². The minimum Gasteiger partial charge on any atom is -0.458 e. The SMILES string of the molecule is CC[C@@]1(O)C(=O)OCc2c1cc1n(c2=O)C/C(=C2/C(=O)Nc3ccc([N+](=O)[O-])cc32)C1=O. The molecule has 1 atom stereocenters. The number of pyridine rings is 1. The number of non-ortho nitro benzene ring substituents is 1. The van der Waals surface area contributed by atoms with Crippen LogP contribution in [0.2, 0.25) is 0 Å². The second-order valence-electron chi connectivity index (χ2n) is 7.73. The van der Waals surface area contributed by atoms with E-state index in [1.54, 1.807) is 6.92 Å². The Morgan fingerprint density at radius 1 is 1.25 bits per heavy atom. The maximum atomic E-state index is 13.2. The molecule has 4 heterocycles. The summed E-state index contributed by atoms with van der Waals surface area (Å²) in [6.45, 7) is 0.970. The van der Waals surface area contributed by atoms with Gasteiger partial charge in [0.2, 0.25) is 5.78 Å². The monoisotopic (exact) mass is 437 g/mol. The molecule has 5 rings (SSSR count). The molecule has 0 saturated heterocycles. The first-order valence-corrected chi connectivity index (χ1v) is 9.72. The number of hydrogen-bond donors (Lipinski definition) is 2. The third kappa shape index (κ3) is 2.45. The second-order valence-corrected chi connectivity index (χ2v) is 7.73. The molecule has 11 nitrogen and oxygen atoms in total. The molecule has 162 valence electrons. The van der Waals surface area contributed by atoms with Crippen LogP contribution in [0.5, 0.6) is 0 Å². The van der Waals surface area contributed by atoms with Gasteiger partial charge >= 0.3 is 5.97 Å². The number of ketones is 1. The summed E-state index contributed by atoms with van der Waals surface area (Å²) >= 11 is 0. The number of rotatable bonds is 2. The van der Waals surface area contributed by atoms with Crippen molar-refractivity contribution in [1.82, 2.24) is 4.57 Å². The van der Waals surface area contributed by atoms with Crippen LogP contribution in [-0.2, 0) is 33.1 Å². The van der Waals surface area contributed by atoms with E-state index in [1.807, 2.05) is 0 Å². The number of carbonyl (C=O) groups excluding carboxylic acids is 3. The van der Waals surface area contributed by atoms with Crippen LogP contribution in [0.25, 0.3) is 5.57 Å². The summed E-state index contributed by atoms with van der Waals surface area (Å²) in [4.78, 5) is 61.7. The van der Waals surface area contributed by atoms with Crippen LogP contribution in [-0.4, -0.2) is 32.3 Å². The number of ether oxygens (including phenoxy) is 1. The second kappa shape index (κ2) is 6.44. The Bertz CT molecular complexity index is 1390. The molecule has 2 N–H and O–H groups in total. The minimum absolute atomic E-state index is 0.00604.